The van der Waals surface area contributed by atoms with Crippen LogP contribution in [0.4, 0.5) is 0 Å². The molecule has 1 aromatic rings. The van der Waals surface area contributed by atoms with Gasteiger partial charge in [0, 0.05) is 5.92 Å². The van der Waals surface area contributed by atoms with E-state index in [1.165, 1.54) is 24.8 Å². The quantitative estimate of drug-likeness (QED) is 0.636. The van der Waals surface area contributed by atoms with Gasteiger partial charge in [0.25, 0.3) is 0 Å². The highest BCUT2D eigenvalue weighted by molar-refractivity contribution is 5.23. The van der Waals surface area contributed by atoms with Crippen LogP contribution in [0.15, 0.2) is 30.3 Å². The van der Waals surface area contributed by atoms with Gasteiger partial charge in [0.1, 0.15) is 0 Å². The van der Waals surface area contributed by atoms with E-state index in [4.69, 9.17) is 0 Å². The van der Waals surface area contributed by atoms with Gasteiger partial charge >= 0.3 is 0 Å². The fourth-order valence-electron chi connectivity index (χ4n) is 2.48. The van der Waals surface area contributed by atoms with Gasteiger partial charge in [-0.2, -0.15) is 6.11 Å². The van der Waals surface area contributed by atoms with E-state index < -0.39 is 0 Å². The SMILES string of the molecule is [O-]C#C[C@@H]1CCCC[C@H]1c1ccccc1. The Morgan fingerprint density at radius 1 is 1.07 bits per heavy atom. The number of hydrogen-bond donors (Lipinski definition) is 0. The predicted molar refractivity (Wildman–Crippen MR) is 58.9 cm³/mol. The summed E-state index contributed by atoms with van der Waals surface area (Å²) in [6.45, 7) is 0. The zero-order chi connectivity index (χ0) is 10.5. The van der Waals surface area contributed by atoms with Crippen LogP contribution in [0.2, 0.25) is 0 Å². The van der Waals surface area contributed by atoms with E-state index in [-0.39, 0.29) is 5.92 Å². The first-order valence-corrected chi connectivity index (χ1v) is 5.59. The van der Waals surface area contributed by atoms with Gasteiger partial charge in [-0.1, -0.05) is 43.2 Å². The maximum Gasteiger partial charge on any atom is 0.0264 e. The molecule has 0 spiro atoms. The van der Waals surface area contributed by atoms with Crippen molar-refractivity contribution in [3.8, 4) is 12.0 Å². The minimum atomic E-state index is 0.277. The van der Waals surface area contributed by atoms with Crippen molar-refractivity contribution < 1.29 is 5.11 Å². The summed E-state index contributed by atoms with van der Waals surface area (Å²) in [5, 5.41) is 10.4. The molecule has 1 aliphatic rings. The predicted octanol–water partition coefficient (Wildman–Crippen LogP) is 2.28. The Hall–Kier alpha value is -1.42. The maximum absolute atomic E-state index is 10.4. The van der Waals surface area contributed by atoms with Gasteiger partial charge in [0.2, 0.25) is 0 Å². The zero-order valence-electron chi connectivity index (χ0n) is 8.78. The first-order valence-electron chi connectivity index (χ1n) is 5.59. The molecule has 15 heavy (non-hydrogen) atoms. The third-order valence-electron chi connectivity index (χ3n) is 3.24. The third-order valence-corrected chi connectivity index (χ3v) is 3.24. The highest BCUT2D eigenvalue weighted by atomic mass is 16.2. The number of hydrogen-bond acceptors (Lipinski definition) is 1. The van der Waals surface area contributed by atoms with Crippen molar-refractivity contribution in [1.82, 2.24) is 0 Å². The molecular weight excluding hydrogens is 184 g/mol. The van der Waals surface area contributed by atoms with Crippen molar-refractivity contribution in [2.75, 3.05) is 0 Å². The van der Waals surface area contributed by atoms with Crippen LogP contribution in [0.3, 0.4) is 0 Å². The normalized spacial score (nSPS) is 25.3. The molecule has 0 unspecified atom stereocenters. The largest absolute Gasteiger partial charge is 0.833 e. The van der Waals surface area contributed by atoms with Crippen LogP contribution in [-0.4, -0.2) is 0 Å². The monoisotopic (exact) mass is 199 g/mol. The number of rotatable bonds is 1. The molecule has 1 nitrogen and oxygen atoms in total. The summed E-state index contributed by atoms with van der Waals surface area (Å²) in [5.41, 5.74) is 1.34. The van der Waals surface area contributed by atoms with E-state index in [0.717, 1.165) is 6.42 Å². The molecule has 1 aliphatic carbocycles. The lowest BCUT2D eigenvalue weighted by molar-refractivity contribution is -0.247. The third kappa shape index (κ3) is 2.33. The van der Waals surface area contributed by atoms with Crippen molar-refractivity contribution in [2.45, 2.75) is 31.6 Å². The van der Waals surface area contributed by atoms with Crippen LogP contribution < -0.4 is 5.11 Å². The highest BCUT2D eigenvalue weighted by Crippen LogP contribution is 2.37. The molecule has 2 rings (SSSR count). The van der Waals surface area contributed by atoms with Crippen LogP contribution in [0.5, 0.6) is 0 Å². The summed E-state index contributed by atoms with van der Waals surface area (Å²) in [7, 11) is 0. The van der Waals surface area contributed by atoms with Gasteiger partial charge in [-0.15, -0.1) is 5.92 Å². The van der Waals surface area contributed by atoms with Crippen molar-refractivity contribution in [1.29, 1.82) is 0 Å². The Morgan fingerprint density at radius 2 is 1.80 bits per heavy atom. The lowest BCUT2D eigenvalue weighted by atomic mass is 9.76. The van der Waals surface area contributed by atoms with Crippen molar-refractivity contribution in [3.63, 3.8) is 0 Å². The summed E-state index contributed by atoms with van der Waals surface area (Å²) < 4.78 is 0. The van der Waals surface area contributed by atoms with Crippen molar-refractivity contribution in [2.24, 2.45) is 5.92 Å². The summed E-state index contributed by atoms with van der Waals surface area (Å²) >= 11 is 0. The minimum absolute atomic E-state index is 0.277. The van der Waals surface area contributed by atoms with Gasteiger partial charge in [-0.3, -0.25) is 0 Å². The smallest absolute Gasteiger partial charge is 0.0264 e. The Balaban J connectivity index is 2.20. The Morgan fingerprint density at radius 3 is 2.53 bits per heavy atom. The van der Waals surface area contributed by atoms with E-state index in [1.54, 1.807) is 0 Å². The molecule has 0 radical (unpaired) electrons. The lowest BCUT2D eigenvalue weighted by Gasteiger charge is -2.28. The maximum atomic E-state index is 10.4. The van der Waals surface area contributed by atoms with Gasteiger partial charge in [0.05, 0.1) is 0 Å². The van der Waals surface area contributed by atoms with Crippen molar-refractivity contribution in [3.05, 3.63) is 35.9 Å². The second kappa shape index (κ2) is 4.89. The Kier molecular flexibility index (Phi) is 3.29. The van der Waals surface area contributed by atoms with Gasteiger partial charge in [0.15, 0.2) is 0 Å². The molecular formula is C14H15O-. The van der Waals surface area contributed by atoms with E-state index in [9.17, 15) is 5.11 Å². The summed E-state index contributed by atoms with van der Waals surface area (Å²) in [6, 6.07) is 10.4. The van der Waals surface area contributed by atoms with Gasteiger partial charge in [-0.05, 0) is 24.3 Å². The topological polar surface area (TPSA) is 23.1 Å². The molecule has 0 aliphatic heterocycles. The molecule has 0 aromatic heterocycles. The fraction of sp³-hybridized carbons (Fsp3) is 0.429. The molecule has 2 atom stereocenters. The van der Waals surface area contributed by atoms with Gasteiger partial charge < -0.3 is 5.11 Å². The molecule has 1 saturated carbocycles. The molecule has 1 fully saturated rings. The van der Waals surface area contributed by atoms with E-state index in [0.29, 0.717) is 5.92 Å². The van der Waals surface area contributed by atoms with E-state index in [2.05, 4.69) is 30.2 Å². The second-order valence-corrected chi connectivity index (χ2v) is 4.15. The summed E-state index contributed by atoms with van der Waals surface area (Å²) in [6.07, 6.45) is 6.56. The Labute approximate surface area is 91.1 Å². The second-order valence-electron chi connectivity index (χ2n) is 4.15. The van der Waals surface area contributed by atoms with E-state index >= 15 is 0 Å². The standard InChI is InChI=1S/C14H16O/c15-11-10-13-8-4-5-9-14(13)12-6-2-1-3-7-12/h1-3,6-7,13-15H,4-5,8-9H2/p-1/t13-,14-/m0/s1. The summed E-state index contributed by atoms with van der Waals surface area (Å²) in [4.78, 5) is 0. The average molecular weight is 199 g/mol. The molecule has 1 heteroatoms. The molecule has 0 bridgehead atoms. The van der Waals surface area contributed by atoms with Crippen LogP contribution in [-0.2, 0) is 0 Å². The molecule has 1 aromatic carbocycles. The fourth-order valence-corrected chi connectivity index (χ4v) is 2.48. The first kappa shape index (κ1) is 10.1. The van der Waals surface area contributed by atoms with Crippen LogP contribution in [0, 0.1) is 17.9 Å². The zero-order valence-corrected chi connectivity index (χ0v) is 8.78. The highest BCUT2D eigenvalue weighted by Gasteiger charge is 2.24. The lowest BCUT2D eigenvalue weighted by Crippen LogP contribution is -2.16. The average Bonchev–Trinajstić information content (AvgIpc) is 2.31. The summed E-state index contributed by atoms with van der Waals surface area (Å²) in [5.74, 6) is 3.58. The van der Waals surface area contributed by atoms with Crippen LogP contribution in [0.25, 0.3) is 0 Å². The van der Waals surface area contributed by atoms with Crippen LogP contribution in [0.1, 0.15) is 37.2 Å². The molecule has 0 saturated heterocycles. The Bertz CT molecular complexity index is 358. The first-order chi connectivity index (χ1) is 7.42. The minimum Gasteiger partial charge on any atom is -0.833 e. The van der Waals surface area contributed by atoms with Crippen LogP contribution >= 0.6 is 0 Å². The molecule has 0 heterocycles. The molecule has 0 amide bonds. The van der Waals surface area contributed by atoms with E-state index in [1.807, 2.05) is 12.2 Å². The van der Waals surface area contributed by atoms with Crippen molar-refractivity contribution >= 4 is 0 Å². The number of benzene rings is 1. The molecule has 0 N–H and O–H groups in total. The molecule has 78 valence electrons. The van der Waals surface area contributed by atoms with Gasteiger partial charge in [-0.25, -0.2) is 0 Å².